The van der Waals surface area contributed by atoms with Gasteiger partial charge in [0, 0.05) is 24.1 Å². The fourth-order valence-electron chi connectivity index (χ4n) is 2.48. The summed E-state index contributed by atoms with van der Waals surface area (Å²) < 4.78 is 7.13. The van der Waals surface area contributed by atoms with Crippen LogP contribution in [0.1, 0.15) is 0 Å². The third-order valence-corrected chi connectivity index (χ3v) is 5.66. The molecule has 3 rings (SSSR count). The van der Waals surface area contributed by atoms with Crippen LogP contribution in [0.25, 0.3) is 0 Å². The quantitative estimate of drug-likeness (QED) is 0.781. The zero-order chi connectivity index (χ0) is 14.7. The van der Waals surface area contributed by atoms with E-state index in [1.165, 1.54) is 11.4 Å². The average molecular weight is 297 g/mol. The van der Waals surface area contributed by atoms with Crippen molar-refractivity contribution in [1.82, 2.24) is 4.67 Å². The summed E-state index contributed by atoms with van der Waals surface area (Å²) in [6.45, 7) is 0.942. The van der Waals surface area contributed by atoms with E-state index in [-0.39, 0.29) is 0 Å². The van der Waals surface area contributed by atoms with Crippen LogP contribution < -0.4 is 9.34 Å². The minimum atomic E-state index is -0.597. The van der Waals surface area contributed by atoms with E-state index in [1.54, 1.807) is 0 Å². The highest BCUT2D eigenvalue weighted by Gasteiger charge is 2.29. The molecule has 0 spiro atoms. The molecule has 0 N–H and O–H groups in total. The molecule has 0 aromatic heterocycles. The molecule has 1 aliphatic rings. The lowest BCUT2D eigenvalue weighted by Crippen LogP contribution is -2.35. The third-order valence-electron chi connectivity index (χ3n) is 3.37. The van der Waals surface area contributed by atoms with Crippen molar-refractivity contribution in [3.8, 4) is 0 Å². The van der Waals surface area contributed by atoms with Gasteiger partial charge in [-0.25, -0.2) is 0 Å². The number of nitrogens with zero attached hydrogens (tertiary/aromatic N) is 3. The van der Waals surface area contributed by atoms with Crippen molar-refractivity contribution in [3.05, 3.63) is 72.9 Å². The van der Waals surface area contributed by atoms with Crippen molar-refractivity contribution in [2.45, 2.75) is 0 Å². The zero-order valence-electron chi connectivity index (χ0n) is 12.4. The highest BCUT2D eigenvalue weighted by atomic mass is 31.2. The van der Waals surface area contributed by atoms with E-state index in [4.69, 9.17) is 0 Å². The molecule has 0 bridgehead atoms. The lowest BCUT2D eigenvalue weighted by molar-refractivity contribution is 0.667. The van der Waals surface area contributed by atoms with Gasteiger partial charge in [0.05, 0.1) is 0 Å². The Balaban J connectivity index is 1.98. The molecule has 21 heavy (non-hydrogen) atoms. The molecule has 0 saturated carbocycles. The standard InChI is InChI=1S/C17H20N3P/c1-18(2)21-19(16-10-5-3-6-11-16)14-9-15-20(21)17-12-7-4-8-13-17/h3-14H,15H2,1-2H3. The molecule has 1 unspecified atom stereocenters. The molecule has 0 radical (unpaired) electrons. The van der Waals surface area contributed by atoms with E-state index in [0.29, 0.717) is 0 Å². The fourth-order valence-corrected chi connectivity index (χ4v) is 4.67. The van der Waals surface area contributed by atoms with Crippen molar-refractivity contribution in [1.29, 1.82) is 0 Å². The maximum Gasteiger partial charge on any atom is 0.182 e. The molecule has 1 heterocycles. The molecule has 1 atom stereocenters. The van der Waals surface area contributed by atoms with E-state index in [1.807, 2.05) is 0 Å². The Morgan fingerprint density at radius 3 is 2.00 bits per heavy atom. The maximum absolute atomic E-state index is 2.46. The Labute approximate surface area is 128 Å². The summed E-state index contributed by atoms with van der Waals surface area (Å²) in [5.41, 5.74) is 2.50. The Morgan fingerprint density at radius 2 is 1.43 bits per heavy atom. The molecule has 0 aliphatic carbocycles. The monoisotopic (exact) mass is 297 g/mol. The number of para-hydroxylation sites is 2. The molecule has 108 valence electrons. The summed E-state index contributed by atoms with van der Waals surface area (Å²) in [7, 11) is 3.70. The largest absolute Gasteiger partial charge is 0.317 e. The van der Waals surface area contributed by atoms with Gasteiger partial charge in [-0.15, -0.1) is 0 Å². The maximum atomic E-state index is 2.46. The zero-order valence-corrected chi connectivity index (χ0v) is 13.3. The Hall–Kier alpha value is -1.83. The lowest BCUT2D eigenvalue weighted by Gasteiger charge is -2.44. The van der Waals surface area contributed by atoms with Gasteiger partial charge in [-0.05, 0) is 44.4 Å². The van der Waals surface area contributed by atoms with Gasteiger partial charge >= 0.3 is 0 Å². The van der Waals surface area contributed by atoms with Crippen LogP contribution in [0.2, 0.25) is 0 Å². The van der Waals surface area contributed by atoms with Gasteiger partial charge in [0.15, 0.2) is 8.37 Å². The van der Waals surface area contributed by atoms with E-state index in [9.17, 15) is 0 Å². The van der Waals surface area contributed by atoms with E-state index in [0.717, 1.165) is 6.54 Å². The molecule has 2 aromatic rings. The van der Waals surface area contributed by atoms with Gasteiger partial charge in [-0.2, -0.15) is 0 Å². The normalized spacial score (nSPS) is 18.3. The van der Waals surface area contributed by atoms with Crippen LogP contribution in [-0.4, -0.2) is 25.3 Å². The van der Waals surface area contributed by atoms with Crippen LogP contribution in [0.4, 0.5) is 11.4 Å². The second-order valence-electron chi connectivity index (χ2n) is 5.10. The predicted molar refractivity (Wildman–Crippen MR) is 92.5 cm³/mol. The number of rotatable bonds is 3. The highest BCUT2D eigenvalue weighted by Crippen LogP contribution is 2.52. The molecule has 3 nitrogen and oxygen atoms in total. The van der Waals surface area contributed by atoms with Crippen LogP contribution in [0, 0.1) is 0 Å². The van der Waals surface area contributed by atoms with Crippen LogP contribution >= 0.6 is 8.37 Å². The number of anilines is 2. The lowest BCUT2D eigenvalue weighted by atomic mass is 10.3. The summed E-state index contributed by atoms with van der Waals surface area (Å²) in [6, 6.07) is 21.2. The average Bonchev–Trinajstić information content (AvgIpc) is 2.55. The summed E-state index contributed by atoms with van der Waals surface area (Å²) in [5, 5.41) is 0. The molecule has 4 heteroatoms. The molecule has 0 saturated heterocycles. The van der Waals surface area contributed by atoms with Crippen LogP contribution in [0.5, 0.6) is 0 Å². The molecule has 2 aromatic carbocycles. The van der Waals surface area contributed by atoms with Crippen LogP contribution in [-0.2, 0) is 0 Å². The molecule has 0 amide bonds. The fraction of sp³-hybridized carbons (Fsp3) is 0.176. The predicted octanol–water partition coefficient (Wildman–Crippen LogP) is 4.32. The Morgan fingerprint density at radius 1 is 0.857 bits per heavy atom. The Bertz CT molecular complexity index is 598. The molecule has 0 fully saturated rings. The Kier molecular flexibility index (Phi) is 4.23. The first-order chi connectivity index (χ1) is 10.3. The smallest absolute Gasteiger partial charge is 0.182 e. The summed E-state index contributed by atoms with van der Waals surface area (Å²) in [5.74, 6) is 0. The van der Waals surface area contributed by atoms with Crippen molar-refractivity contribution < 1.29 is 0 Å². The third kappa shape index (κ3) is 2.94. The summed E-state index contributed by atoms with van der Waals surface area (Å²) >= 11 is 0. The van der Waals surface area contributed by atoms with E-state index >= 15 is 0 Å². The first-order valence-electron chi connectivity index (χ1n) is 7.08. The number of hydrogen-bond acceptors (Lipinski definition) is 3. The molecule has 1 aliphatic heterocycles. The van der Waals surface area contributed by atoms with Gasteiger partial charge in [0.1, 0.15) is 0 Å². The van der Waals surface area contributed by atoms with Crippen molar-refractivity contribution in [2.75, 3.05) is 30.0 Å². The van der Waals surface area contributed by atoms with Gasteiger partial charge < -0.3 is 4.67 Å². The second kappa shape index (κ2) is 6.30. The summed E-state index contributed by atoms with van der Waals surface area (Å²) in [6.07, 6.45) is 4.43. The van der Waals surface area contributed by atoms with Gasteiger partial charge in [0.25, 0.3) is 0 Å². The first kappa shape index (κ1) is 14.1. The number of hydrogen-bond donors (Lipinski definition) is 0. The van der Waals surface area contributed by atoms with Crippen LogP contribution in [0.3, 0.4) is 0 Å². The summed E-state index contributed by atoms with van der Waals surface area (Å²) in [4.78, 5) is 0. The van der Waals surface area contributed by atoms with Gasteiger partial charge in [-0.1, -0.05) is 36.4 Å². The second-order valence-corrected chi connectivity index (χ2v) is 7.35. The van der Waals surface area contributed by atoms with Crippen molar-refractivity contribution >= 4 is 19.7 Å². The minimum Gasteiger partial charge on any atom is -0.317 e. The van der Waals surface area contributed by atoms with Crippen molar-refractivity contribution in [3.63, 3.8) is 0 Å². The topological polar surface area (TPSA) is 9.72 Å². The van der Waals surface area contributed by atoms with E-state index < -0.39 is 8.37 Å². The highest BCUT2D eigenvalue weighted by molar-refractivity contribution is 7.58. The molecular weight excluding hydrogens is 277 g/mol. The molecular formula is C17H20N3P. The SMILES string of the molecule is CN(C)P1N(c2ccccc2)C=CCN1c1ccccc1. The van der Waals surface area contributed by atoms with Crippen molar-refractivity contribution in [2.24, 2.45) is 0 Å². The number of benzene rings is 2. The minimum absolute atomic E-state index is 0.597. The first-order valence-corrected chi connectivity index (χ1v) is 8.28. The van der Waals surface area contributed by atoms with E-state index in [2.05, 4.69) is 101 Å². The van der Waals surface area contributed by atoms with Gasteiger partial charge in [-0.3, -0.25) is 9.34 Å². The van der Waals surface area contributed by atoms with Gasteiger partial charge in [0.2, 0.25) is 0 Å². The van der Waals surface area contributed by atoms with Crippen LogP contribution in [0.15, 0.2) is 72.9 Å².